The van der Waals surface area contributed by atoms with Gasteiger partial charge < -0.3 is 19.1 Å². The molecule has 0 aliphatic carbocycles. The topological polar surface area (TPSA) is 33.5 Å². The third-order valence-corrected chi connectivity index (χ3v) is 15.2. The van der Waals surface area contributed by atoms with Crippen molar-refractivity contribution in [1.29, 1.82) is 0 Å². The van der Waals surface area contributed by atoms with E-state index in [9.17, 15) is 0 Å². The van der Waals surface area contributed by atoms with Gasteiger partial charge in [0, 0.05) is 59.8 Å². The van der Waals surface area contributed by atoms with Crippen molar-refractivity contribution in [3.05, 3.63) is 207 Å². The van der Waals surface area contributed by atoms with Crippen LogP contribution in [0.5, 0.6) is 11.5 Å². The Labute approximate surface area is 346 Å². The zero-order chi connectivity index (χ0) is 39.3. The van der Waals surface area contributed by atoms with Crippen molar-refractivity contribution < 1.29 is 29.9 Å². The fourth-order valence-corrected chi connectivity index (χ4v) is 12.8. The maximum Gasteiger partial charge on any atom is 0.179 e. The molecule has 0 spiro atoms. The molecule has 5 nitrogen and oxygen atoms in total. The summed E-state index contributed by atoms with van der Waals surface area (Å²) in [7, 11) is -2.92. The number of pyridine rings is 1. The van der Waals surface area contributed by atoms with Crippen molar-refractivity contribution in [2.45, 2.75) is 0 Å². The van der Waals surface area contributed by atoms with Gasteiger partial charge in [0.05, 0.1) is 0 Å². The number of ether oxygens (including phenoxy) is 1. The molecule has 56 heavy (non-hydrogen) atoms. The van der Waals surface area contributed by atoms with Gasteiger partial charge in [0.25, 0.3) is 0 Å². The van der Waals surface area contributed by atoms with Gasteiger partial charge >= 0.3 is 0 Å². The Morgan fingerprint density at radius 2 is 1.25 bits per heavy atom. The molecule has 274 valence electrons. The number of hydrogen-bond acceptors (Lipinski definition) is 4. The maximum atomic E-state index is 8.67. The van der Waals surface area contributed by atoms with Crippen LogP contribution in [0.4, 0.5) is 17.1 Å². The molecule has 0 bridgehead atoms. The van der Waals surface area contributed by atoms with Crippen LogP contribution in [-0.2, 0) is 21.1 Å². The standard InChI is InChI=1S/C49H35N4OSi.Pt/c1-51-35-52(46-30-28-42(34-48(46)51)55(39-18-5-2-6-19-39,40-20-7-3-8-21-40)41-22-9-4-10-23-41)36-16-15-17-37(32-36)54-38-27-29-44-43-24-11-12-25-45(43)53(47(44)33-38)49-26-13-14-31-50-49;/h2-31,34-35H,1H3;/q-3;/i1D3;. The molecule has 0 amide bonds. The van der Waals surface area contributed by atoms with Crippen molar-refractivity contribution in [1.82, 2.24) is 9.55 Å². The van der Waals surface area contributed by atoms with Gasteiger partial charge in [0.2, 0.25) is 0 Å². The summed E-state index contributed by atoms with van der Waals surface area (Å²) in [6, 6.07) is 68.8. The minimum Gasteiger partial charge on any atom is -0.509 e. The van der Waals surface area contributed by atoms with Crippen LogP contribution < -0.4 is 35.3 Å². The molecule has 0 radical (unpaired) electrons. The average Bonchev–Trinajstić information content (AvgIpc) is 3.82. The summed E-state index contributed by atoms with van der Waals surface area (Å²) in [6.07, 6.45) is 1.78. The van der Waals surface area contributed by atoms with Gasteiger partial charge in [0.15, 0.2) is 8.07 Å². The molecular formula is C49H35N4OPtSi-3. The number of nitrogens with zero attached hydrogens (tertiary/aromatic N) is 4. The summed E-state index contributed by atoms with van der Waals surface area (Å²) in [5, 5.41) is 6.84. The number of hydrogen-bond donors (Lipinski definition) is 0. The van der Waals surface area contributed by atoms with Crippen molar-refractivity contribution in [2.75, 3.05) is 16.8 Å². The molecule has 0 N–H and O–H groups in total. The number of anilines is 3. The Hall–Kier alpha value is -6.20. The number of para-hydroxylation sites is 1. The first-order valence-corrected chi connectivity index (χ1v) is 20.2. The van der Waals surface area contributed by atoms with Crippen molar-refractivity contribution in [3.8, 4) is 17.3 Å². The first kappa shape index (κ1) is 32.1. The summed E-state index contributed by atoms with van der Waals surface area (Å²) < 4.78 is 34.6. The smallest absolute Gasteiger partial charge is 0.179 e. The molecule has 10 rings (SSSR count). The van der Waals surface area contributed by atoms with Crippen molar-refractivity contribution >= 4 is 67.7 Å². The van der Waals surface area contributed by atoms with Crippen LogP contribution in [0.2, 0.25) is 0 Å². The molecule has 2 aromatic heterocycles. The second-order valence-electron chi connectivity index (χ2n) is 13.5. The fourth-order valence-electron chi connectivity index (χ4n) is 8.06. The predicted molar refractivity (Wildman–Crippen MR) is 228 cm³/mol. The van der Waals surface area contributed by atoms with Crippen LogP contribution in [-0.4, -0.2) is 24.6 Å². The molecule has 1 aliphatic heterocycles. The Balaban J connectivity index is 0.00000449. The monoisotopic (exact) mass is 921 g/mol. The summed E-state index contributed by atoms with van der Waals surface area (Å²) in [5.74, 6) is 1.78. The molecule has 7 heteroatoms. The van der Waals surface area contributed by atoms with Gasteiger partial charge in [-0.1, -0.05) is 127 Å². The Bertz CT molecular complexity index is 2820. The van der Waals surface area contributed by atoms with Crippen molar-refractivity contribution in [3.63, 3.8) is 0 Å². The van der Waals surface area contributed by atoms with Crippen LogP contribution >= 0.6 is 0 Å². The van der Waals surface area contributed by atoms with Gasteiger partial charge in [-0.15, -0.1) is 41.4 Å². The summed E-state index contributed by atoms with van der Waals surface area (Å²) in [6.45, 7) is -0.805. The molecule has 0 saturated carbocycles. The Kier molecular flexibility index (Phi) is 8.48. The van der Waals surface area contributed by atoms with Crippen molar-refractivity contribution in [2.24, 2.45) is 0 Å². The van der Waals surface area contributed by atoms with Gasteiger partial charge in [-0.05, 0) is 63.4 Å². The molecule has 9 aromatic rings. The molecule has 7 aromatic carbocycles. The summed E-state index contributed by atoms with van der Waals surface area (Å²) >= 11 is 0. The second-order valence-corrected chi connectivity index (χ2v) is 17.3. The molecule has 3 heterocycles. The zero-order valence-electron chi connectivity index (χ0n) is 33.0. The summed E-state index contributed by atoms with van der Waals surface area (Å²) in [5.41, 5.74) is 3.84. The molecule has 0 saturated heterocycles. The Morgan fingerprint density at radius 3 is 1.93 bits per heavy atom. The van der Waals surface area contributed by atoms with Gasteiger partial charge in [-0.3, -0.25) is 0 Å². The number of aromatic nitrogens is 2. The SMILES string of the molecule is [2H]C([2H])([2H])N1[CH-]N(c2[c-]c(Oc3[c-]c4c(cc3)c3ccccc3n4-c3ccccn3)ccc2)c2ccc([Si](c3ccccc3)(c3ccccc3)c3ccccc3)cc21.[Pt]. The fraction of sp³-hybridized carbons (Fsp3) is 0.0204. The molecule has 0 atom stereocenters. The third kappa shape index (κ3) is 5.94. The minimum atomic E-state index is -2.92. The predicted octanol–water partition coefficient (Wildman–Crippen LogP) is 8.65. The third-order valence-electron chi connectivity index (χ3n) is 10.4. The van der Waals surface area contributed by atoms with E-state index in [0.717, 1.165) is 38.5 Å². The van der Waals surface area contributed by atoms with Crippen LogP contribution in [0.15, 0.2) is 188 Å². The normalized spacial score (nSPS) is 13.5. The van der Waals surface area contributed by atoms with Gasteiger partial charge in [-0.25, -0.2) is 4.98 Å². The van der Waals surface area contributed by atoms with E-state index in [1.165, 1.54) is 20.5 Å². The van der Waals surface area contributed by atoms with Crippen LogP contribution in [0.1, 0.15) is 4.11 Å². The minimum absolute atomic E-state index is 0. The summed E-state index contributed by atoms with van der Waals surface area (Å²) in [4.78, 5) is 7.91. The number of benzene rings is 7. The van der Waals surface area contributed by atoms with E-state index in [-0.39, 0.29) is 21.1 Å². The van der Waals surface area contributed by atoms with Crippen LogP contribution in [0.25, 0.3) is 27.6 Å². The van der Waals surface area contributed by atoms with E-state index < -0.39 is 15.0 Å². The van der Waals surface area contributed by atoms with Gasteiger partial charge in [0.1, 0.15) is 5.82 Å². The Morgan fingerprint density at radius 1 is 0.589 bits per heavy atom. The maximum absolute atomic E-state index is 8.67. The first-order valence-electron chi connectivity index (χ1n) is 19.7. The largest absolute Gasteiger partial charge is 0.509 e. The molecule has 1 aliphatic rings. The van der Waals surface area contributed by atoms with E-state index in [4.69, 9.17) is 8.85 Å². The number of rotatable bonds is 8. The van der Waals surface area contributed by atoms with E-state index in [2.05, 4.69) is 119 Å². The van der Waals surface area contributed by atoms with E-state index >= 15 is 0 Å². The molecule has 0 fully saturated rings. The molecular weight excluding hydrogens is 884 g/mol. The van der Waals surface area contributed by atoms with Crippen LogP contribution in [0.3, 0.4) is 0 Å². The first-order chi connectivity index (χ1) is 28.4. The average molecular weight is 922 g/mol. The van der Waals surface area contributed by atoms with Crippen LogP contribution in [0, 0.1) is 18.8 Å². The molecule has 0 unspecified atom stereocenters. The number of fused-ring (bicyclic) bond motifs is 4. The quantitative estimate of drug-likeness (QED) is 0.0869. The van der Waals surface area contributed by atoms with E-state index in [0.29, 0.717) is 22.9 Å². The zero-order valence-corrected chi connectivity index (χ0v) is 33.3. The van der Waals surface area contributed by atoms with E-state index in [1.54, 1.807) is 12.9 Å². The van der Waals surface area contributed by atoms with E-state index in [1.807, 2.05) is 89.8 Å². The second kappa shape index (κ2) is 14.8. The van der Waals surface area contributed by atoms with Gasteiger partial charge in [-0.2, -0.15) is 18.8 Å².